The molecule has 0 radical (unpaired) electrons. The van der Waals surface area contributed by atoms with Crippen LogP contribution >= 0.6 is 0 Å². The Labute approximate surface area is 172 Å². The monoisotopic (exact) mass is 397 g/mol. The second-order valence-corrected chi connectivity index (χ2v) is 7.85. The molecular formula is C23H31N3O3+2. The van der Waals surface area contributed by atoms with E-state index >= 15 is 0 Å². The van der Waals surface area contributed by atoms with Crippen LogP contribution in [0.15, 0.2) is 42.5 Å². The van der Waals surface area contributed by atoms with Gasteiger partial charge in [0.2, 0.25) is 0 Å². The second-order valence-electron chi connectivity index (χ2n) is 7.85. The van der Waals surface area contributed by atoms with Gasteiger partial charge >= 0.3 is 5.97 Å². The topological polar surface area (TPSA) is 64.3 Å². The summed E-state index contributed by atoms with van der Waals surface area (Å²) in [6.07, 6.45) is 0. The fraction of sp³-hybridized carbons (Fsp3) is 0.391. The minimum absolute atomic E-state index is 0.0209. The van der Waals surface area contributed by atoms with E-state index in [0.29, 0.717) is 17.8 Å². The Morgan fingerprint density at radius 2 is 1.66 bits per heavy atom. The number of quaternary nitrogens is 2. The highest BCUT2D eigenvalue weighted by atomic mass is 16.5. The molecule has 154 valence electrons. The van der Waals surface area contributed by atoms with Crippen molar-refractivity contribution in [3.8, 4) is 0 Å². The number of aryl methyl sites for hydroxylation is 2. The van der Waals surface area contributed by atoms with Gasteiger partial charge in [0.25, 0.3) is 5.91 Å². The Morgan fingerprint density at radius 3 is 2.34 bits per heavy atom. The maximum atomic E-state index is 12.5. The van der Waals surface area contributed by atoms with Crippen LogP contribution in [0.25, 0.3) is 0 Å². The molecule has 2 aromatic rings. The fourth-order valence-electron chi connectivity index (χ4n) is 3.81. The molecule has 1 aliphatic heterocycles. The smallest absolute Gasteiger partial charge is 0.337 e. The van der Waals surface area contributed by atoms with E-state index in [9.17, 15) is 9.59 Å². The molecule has 29 heavy (non-hydrogen) atoms. The summed E-state index contributed by atoms with van der Waals surface area (Å²) in [5.41, 5.74) is 4.78. The Balaban J connectivity index is 1.50. The number of methoxy groups -OCH3 is 1. The van der Waals surface area contributed by atoms with E-state index in [4.69, 9.17) is 4.74 Å². The molecule has 0 aromatic heterocycles. The van der Waals surface area contributed by atoms with Crippen molar-refractivity contribution in [3.05, 3.63) is 64.7 Å². The highest BCUT2D eigenvalue weighted by Gasteiger charge is 2.25. The first-order valence-corrected chi connectivity index (χ1v) is 10.2. The molecule has 0 unspecified atom stereocenters. The summed E-state index contributed by atoms with van der Waals surface area (Å²) in [7, 11) is 1.35. The molecule has 0 aliphatic carbocycles. The van der Waals surface area contributed by atoms with Gasteiger partial charge in [-0.25, -0.2) is 4.79 Å². The van der Waals surface area contributed by atoms with Gasteiger partial charge in [0.1, 0.15) is 32.7 Å². The summed E-state index contributed by atoms with van der Waals surface area (Å²) < 4.78 is 4.76. The number of nitrogens with one attached hydrogen (secondary N) is 3. The first kappa shape index (κ1) is 21.0. The van der Waals surface area contributed by atoms with Crippen molar-refractivity contribution in [1.82, 2.24) is 0 Å². The fourth-order valence-corrected chi connectivity index (χ4v) is 3.81. The summed E-state index contributed by atoms with van der Waals surface area (Å²) in [4.78, 5) is 27.1. The number of carbonyl (C=O) groups excluding carboxylic acids is 2. The van der Waals surface area contributed by atoms with Crippen LogP contribution in [0, 0.1) is 13.8 Å². The molecule has 0 atom stereocenters. The number of amides is 1. The van der Waals surface area contributed by atoms with Gasteiger partial charge in [0.05, 0.1) is 12.7 Å². The van der Waals surface area contributed by atoms with Crippen LogP contribution < -0.4 is 15.1 Å². The number of carbonyl (C=O) groups is 2. The third-order valence-electron chi connectivity index (χ3n) is 5.71. The number of benzene rings is 2. The molecule has 1 aliphatic rings. The maximum Gasteiger partial charge on any atom is 0.337 e. The summed E-state index contributed by atoms with van der Waals surface area (Å²) in [6, 6.07) is 13.8. The van der Waals surface area contributed by atoms with E-state index in [1.807, 2.05) is 13.0 Å². The number of esters is 1. The third kappa shape index (κ3) is 5.65. The Morgan fingerprint density at radius 1 is 0.966 bits per heavy atom. The van der Waals surface area contributed by atoms with Gasteiger partial charge in [-0.15, -0.1) is 0 Å². The molecule has 1 heterocycles. The molecule has 1 amide bonds. The normalized spacial score (nSPS) is 18.9. The van der Waals surface area contributed by atoms with Gasteiger partial charge in [-0.1, -0.05) is 30.3 Å². The van der Waals surface area contributed by atoms with Crippen LogP contribution in [0.1, 0.15) is 27.0 Å². The first-order chi connectivity index (χ1) is 14.0. The average Bonchev–Trinajstić information content (AvgIpc) is 2.72. The van der Waals surface area contributed by atoms with Gasteiger partial charge in [-0.3, -0.25) is 4.79 Å². The van der Waals surface area contributed by atoms with Gasteiger partial charge in [0, 0.05) is 11.3 Å². The third-order valence-corrected chi connectivity index (χ3v) is 5.71. The van der Waals surface area contributed by atoms with Crippen molar-refractivity contribution in [3.63, 3.8) is 0 Å². The zero-order valence-corrected chi connectivity index (χ0v) is 17.5. The zero-order valence-electron chi connectivity index (χ0n) is 17.5. The van der Waals surface area contributed by atoms with Crippen LogP contribution in [0.3, 0.4) is 0 Å². The number of hydrogen-bond acceptors (Lipinski definition) is 3. The van der Waals surface area contributed by atoms with Crippen molar-refractivity contribution in [1.29, 1.82) is 0 Å². The van der Waals surface area contributed by atoms with Crippen LogP contribution in [-0.4, -0.2) is 51.7 Å². The number of piperazine rings is 1. The minimum atomic E-state index is -0.404. The Bertz CT molecular complexity index is 873. The van der Waals surface area contributed by atoms with Gasteiger partial charge in [0.15, 0.2) is 6.54 Å². The standard InChI is InChI=1S/C23H29N3O3/c1-17-6-4-5-7-20(17)15-25-10-12-26(13-11-25)16-22(27)24-21-14-19(23(28)29-3)9-8-18(21)2/h4-9,14H,10-13,15-16H2,1-3H3,(H,24,27)/p+2. The molecule has 1 saturated heterocycles. The van der Waals surface area contributed by atoms with E-state index in [0.717, 1.165) is 38.3 Å². The van der Waals surface area contributed by atoms with Crippen LogP contribution in [0.2, 0.25) is 0 Å². The highest BCUT2D eigenvalue weighted by Crippen LogP contribution is 2.17. The van der Waals surface area contributed by atoms with E-state index in [1.165, 1.54) is 23.1 Å². The summed E-state index contributed by atoms with van der Waals surface area (Å²) in [5.74, 6) is -0.425. The first-order valence-electron chi connectivity index (χ1n) is 10.2. The highest BCUT2D eigenvalue weighted by molar-refractivity contribution is 5.95. The van der Waals surface area contributed by atoms with E-state index in [-0.39, 0.29) is 5.91 Å². The molecule has 6 heteroatoms. The van der Waals surface area contributed by atoms with E-state index in [2.05, 4.69) is 36.5 Å². The average molecular weight is 398 g/mol. The number of rotatable bonds is 6. The zero-order chi connectivity index (χ0) is 20.8. The van der Waals surface area contributed by atoms with Crippen molar-refractivity contribution in [2.24, 2.45) is 0 Å². The molecule has 2 aromatic carbocycles. The van der Waals surface area contributed by atoms with Crippen molar-refractivity contribution >= 4 is 17.6 Å². The molecule has 0 spiro atoms. The number of anilines is 1. The molecule has 0 saturated carbocycles. The molecular weight excluding hydrogens is 366 g/mol. The van der Waals surface area contributed by atoms with Crippen molar-refractivity contribution in [2.75, 3.05) is 45.2 Å². The number of hydrogen-bond donors (Lipinski definition) is 3. The molecule has 1 fully saturated rings. The second kappa shape index (κ2) is 9.67. The molecule has 0 bridgehead atoms. The van der Waals surface area contributed by atoms with Crippen molar-refractivity contribution < 1.29 is 24.1 Å². The summed E-state index contributed by atoms with van der Waals surface area (Å²) >= 11 is 0. The lowest BCUT2D eigenvalue weighted by Gasteiger charge is -2.29. The van der Waals surface area contributed by atoms with Gasteiger partial charge in [-0.2, -0.15) is 0 Å². The van der Waals surface area contributed by atoms with Gasteiger partial charge < -0.3 is 19.9 Å². The van der Waals surface area contributed by atoms with Crippen LogP contribution in [0.5, 0.6) is 0 Å². The lowest BCUT2D eigenvalue weighted by Crippen LogP contribution is -3.28. The Hall–Kier alpha value is -2.70. The quantitative estimate of drug-likeness (QED) is 0.602. The minimum Gasteiger partial charge on any atom is -0.465 e. The lowest BCUT2D eigenvalue weighted by atomic mass is 10.1. The van der Waals surface area contributed by atoms with E-state index < -0.39 is 5.97 Å². The number of ether oxygens (including phenoxy) is 1. The lowest BCUT2D eigenvalue weighted by molar-refractivity contribution is -1.02. The predicted molar refractivity (Wildman–Crippen MR) is 112 cm³/mol. The summed E-state index contributed by atoms with van der Waals surface area (Å²) in [5, 5.41) is 2.96. The SMILES string of the molecule is COC(=O)c1ccc(C)c(NC(=O)C[NH+]2CC[NH+](Cc3ccccc3C)CC2)c1. The molecule has 6 nitrogen and oxygen atoms in total. The van der Waals surface area contributed by atoms with Gasteiger partial charge in [-0.05, 0) is 37.1 Å². The van der Waals surface area contributed by atoms with E-state index in [1.54, 1.807) is 17.0 Å². The maximum absolute atomic E-state index is 12.5. The molecule has 3 N–H and O–H groups in total. The largest absolute Gasteiger partial charge is 0.465 e. The Kier molecular flexibility index (Phi) is 7.01. The summed E-state index contributed by atoms with van der Waals surface area (Å²) in [6.45, 7) is 9.66. The van der Waals surface area contributed by atoms with Crippen LogP contribution in [-0.2, 0) is 16.1 Å². The predicted octanol–water partition coefficient (Wildman–Crippen LogP) is 0.0121. The van der Waals surface area contributed by atoms with Crippen LogP contribution in [0.4, 0.5) is 5.69 Å². The molecule has 3 rings (SSSR count). The van der Waals surface area contributed by atoms with Crippen molar-refractivity contribution in [2.45, 2.75) is 20.4 Å².